The highest BCUT2D eigenvalue weighted by Gasteiger charge is 2.17. The Bertz CT molecular complexity index is 564. The Balaban J connectivity index is 1.72. The number of rotatable bonds is 3. The Hall–Kier alpha value is -1.89. The minimum Gasteiger partial charge on any atom is -0.369 e. The van der Waals surface area contributed by atoms with Crippen molar-refractivity contribution in [3.05, 3.63) is 6.20 Å². The molecule has 0 radical (unpaired) electrons. The van der Waals surface area contributed by atoms with Crippen molar-refractivity contribution in [2.75, 3.05) is 37.7 Å². The van der Waals surface area contributed by atoms with Crippen LogP contribution in [0.2, 0.25) is 0 Å². The number of hydrogen-bond acceptors (Lipinski definition) is 6. The van der Waals surface area contributed by atoms with Crippen LogP contribution in [0.15, 0.2) is 6.20 Å². The molecule has 4 N–H and O–H groups in total. The highest BCUT2D eigenvalue weighted by atomic mass is 15.2. The van der Waals surface area contributed by atoms with E-state index in [1.54, 1.807) is 6.20 Å². The summed E-state index contributed by atoms with van der Waals surface area (Å²) in [5.74, 6) is 1.68. The fraction of sp³-hybridized carbons (Fsp3) is 0.583. The van der Waals surface area contributed by atoms with Gasteiger partial charge in [-0.25, -0.2) is 0 Å². The molecular formula is C12H19N7. The maximum absolute atomic E-state index is 5.70. The maximum atomic E-state index is 5.70. The van der Waals surface area contributed by atoms with Gasteiger partial charge in [-0.1, -0.05) is 0 Å². The Morgan fingerprint density at radius 1 is 1.53 bits per heavy atom. The van der Waals surface area contributed by atoms with Crippen LogP contribution >= 0.6 is 0 Å². The van der Waals surface area contributed by atoms with E-state index in [1.807, 2.05) is 0 Å². The average Bonchev–Trinajstić information content (AvgIpc) is 2.84. The van der Waals surface area contributed by atoms with Gasteiger partial charge >= 0.3 is 0 Å². The summed E-state index contributed by atoms with van der Waals surface area (Å²) in [6, 6.07) is 0. The van der Waals surface area contributed by atoms with Gasteiger partial charge in [0.25, 0.3) is 0 Å². The Morgan fingerprint density at radius 3 is 3.26 bits per heavy atom. The fourth-order valence-corrected chi connectivity index (χ4v) is 2.67. The first kappa shape index (κ1) is 12.2. The quantitative estimate of drug-likeness (QED) is 0.752. The zero-order chi connectivity index (χ0) is 13.2. The summed E-state index contributed by atoms with van der Waals surface area (Å²) in [5, 5.41) is 11.1. The largest absolute Gasteiger partial charge is 0.369 e. The van der Waals surface area contributed by atoms with Crippen LogP contribution in [0.4, 0.5) is 11.8 Å². The van der Waals surface area contributed by atoms with E-state index in [4.69, 9.17) is 5.73 Å². The maximum Gasteiger partial charge on any atom is 0.224 e. The van der Waals surface area contributed by atoms with Crippen LogP contribution in [0.1, 0.15) is 12.8 Å². The Labute approximate surface area is 111 Å². The monoisotopic (exact) mass is 261 g/mol. The third-order valence-electron chi connectivity index (χ3n) is 3.61. The molecule has 0 aliphatic carbocycles. The predicted octanol–water partition coefficient (Wildman–Crippen LogP) is 0.689. The molecule has 0 amide bonds. The van der Waals surface area contributed by atoms with E-state index in [0.717, 1.165) is 24.3 Å². The summed E-state index contributed by atoms with van der Waals surface area (Å²) in [6.45, 7) is 3.23. The number of aromatic nitrogens is 4. The van der Waals surface area contributed by atoms with Crippen molar-refractivity contribution in [2.45, 2.75) is 12.8 Å². The van der Waals surface area contributed by atoms with Crippen molar-refractivity contribution < 1.29 is 0 Å². The first-order chi connectivity index (χ1) is 9.22. The lowest BCUT2D eigenvalue weighted by molar-refractivity contribution is 0.217. The summed E-state index contributed by atoms with van der Waals surface area (Å²) in [4.78, 5) is 10.7. The van der Waals surface area contributed by atoms with E-state index in [1.165, 1.54) is 19.4 Å². The molecule has 1 aliphatic rings. The van der Waals surface area contributed by atoms with E-state index < -0.39 is 0 Å². The Morgan fingerprint density at radius 2 is 2.42 bits per heavy atom. The van der Waals surface area contributed by atoms with Crippen LogP contribution in [0.5, 0.6) is 0 Å². The number of H-pyrrole nitrogens is 1. The lowest BCUT2D eigenvalue weighted by Gasteiger charge is -2.29. The number of nitrogens with two attached hydrogens (primary N) is 1. The van der Waals surface area contributed by atoms with E-state index in [9.17, 15) is 0 Å². The SMILES string of the molecule is CN1CCCC(CNc2nc(N)nc3[nH]ncc23)C1. The minimum absolute atomic E-state index is 0.264. The molecule has 3 rings (SSSR count). The van der Waals surface area contributed by atoms with Crippen molar-refractivity contribution in [1.82, 2.24) is 25.1 Å². The number of fused-ring (bicyclic) bond motifs is 1. The highest BCUT2D eigenvalue weighted by molar-refractivity contribution is 5.86. The number of anilines is 2. The topological polar surface area (TPSA) is 95.7 Å². The van der Waals surface area contributed by atoms with E-state index >= 15 is 0 Å². The first-order valence-corrected chi connectivity index (χ1v) is 6.61. The van der Waals surface area contributed by atoms with E-state index in [-0.39, 0.29) is 5.95 Å². The third kappa shape index (κ3) is 2.60. The minimum atomic E-state index is 0.264. The number of nitrogens with zero attached hydrogens (tertiary/aromatic N) is 4. The zero-order valence-corrected chi connectivity index (χ0v) is 11.1. The predicted molar refractivity (Wildman–Crippen MR) is 74.8 cm³/mol. The fourth-order valence-electron chi connectivity index (χ4n) is 2.67. The van der Waals surface area contributed by atoms with Gasteiger partial charge in [0, 0.05) is 13.1 Å². The number of likely N-dealkylation sites (tertiary alicyclic amines) is 1. The summed E-state index contributed by atoms with van der Waals surface area (Å²) < 4.78 is 0. The van der Waals surface area contributed by atoms with Gasteiger partial charge in [0.1, 0.15) is 5.82 Å². The van der Waals surface area contributed by atoms with Crippen molar-refractivity contribution in [1.29, 1.82) is 0 Å². The van der Waals surface area contributed by atoms with Crippen LogP contribution in [0, 0.1) is 5.92 Å². The number of nitrogen functional groups attached to an aromatic ring is 1. The molecule has 0 saturated carbocycles. The van der Waals surface area contributed by atoms with Gasteiger partial charge in [-0.15, -0.1) is 0 Å². The highest BCUT2D eigenvalue weighted by Crippen LogP contribution is 2.21. The molecule has 1 aliphatic heterocycles. The second-order valence-corrected chi connectivity index (χ2v) is 5.21. The molecule has 7 nitrogen and oxygen atoms in total. The number of aromatic amines is 1. The number of piperidine rings is 1. The molecule has 1 saturated heterocycles. The molecule has 1 fully saturated rings. The van der Waals surface area contributed by atoms with Crippen molar-refractivity contribution >= 4 is 22.8 Å². The average molecular weight is 261 g/mol. The second-order valence-electron chi connectivity index (χ2n) is 5.21. The smallest absolute Gasteiger partial charge is 0.224 e. The van der Waals surface area contributed by atoms with Gasteiger partial charge in [-0.05, 0) is 32.4 Å². The van der Waals surface area contributed by atoms with Gasteiger partial charge in [0.15, 0.2) is 5.65 Å². The van der Waals surface area contributed by atoms with E-state index in [2.05, 4.69) is 37.4 Å². The van der Waals surface area contributed by atoms with Crippen molar-refractivity contribution in [3.63, 3.8) is 0 Å². The normalized spacial score (nSPS) is 20.8. The summed E-state index contributed by atoms with van der Waals surface area (Å²) in [6.07, 6.45) is 4.24. The molecular weight excluding hydrogens is 242 g/mol. The number of nitrogens with one attached hydrogen (secondary N) is 2. The van der Waals surface area contributed by atoms with Gasteiger partial charge in [-0.2, -0.15) is 15.1 Å². The van der Waals surface area contributed by atoms with Crippen LogP contribution < -0.4 is 11.1 Å². The molecule has 102 valence electrons. The second kappa shape index (κ2) is 5.00. The molecule has 0 bridgehead atoms. The number of hydrogen-bond donors (Lipinski definition) is 3. The molecule has 0 aromatic carbocycles. The molecule has 3 heterocycles. The summed E-state index contributed by atoms with van der Waals surface area (Å²) in [5.41, 5.74) is 6.37. The van der Waals surface area contributed by atoms with Crippen molar-refractivity contribution in [2.24, 2.45) is 5.92 Å². The van der Waals surface area contributed by atoms with Crippen LogP contribution in [0.3, 0.4) is 0 Å². The molecule has 1 unspecified atom stereocenters. The summed E-state index contributed by atoms with van der Waals surface area (Å²) >= 11 is 0. The molecule has 2 aromatic rings. The van der Waals surface area contributed by atoms with Gasteiger partial charge in [0.2, 0.25) is 5.95 Å². The standard InChI is InChI=1S/C12H19N7/c1-19-4-2-3-8(7-19)5-14-10-9-6-15-18-11(9)17-12(13)16-10/h6,8H,2-5,7H2,1H3,(H4,13,14,15,16,17,18). The van der Waals surface area contributed by atoms with Crippen LogP contribution in [-0.2, 0) is 0 Å². The van der Waals surface area contributed by atoms with Gasteiger partial charge in [0.05, 0.1) is 11.6 Å². The molecule has 2 aromatic heterocycles. The van der Waals surface area contributed by atoms with Crippen LogP contribution in [-0.4, -0.2) is 51.7 Å². The molecule has 19 heavy (non-hydrogen) atoms. The summed E-state index contributed by atoms with van der Waals surface area (Å²) in [7, 11) is 2.17. The molecule has 1 atom stereocenters. The zero-order valence-electron chi connectivity index (χ0n) is 11.1. The van der Waals surface area contributed by atoms with E-state index in [0.29, 0.717) is 11.6 Å². The van der Waals surface area contributed by atoms with Crippen LogP contribution in [0.25, 0.3) is 11.0 Å². The third-order valence-corrected chi connectivity index (χ3v) is 3.61. The lowest BCUT2D eigenvalue weighted by Crippen LogP contribution is -2.35. The Kier molecular flexibility index (Phi) is 3.20. The van der Waals surface area contributed by atoms with Gasteiger partial charge in [-0.3, -0.25) is 5.10 Å². The molecule has 7 heteroatoms. The van der Waals surface area contributed by atoms with Gasteiger partial charge < -0.3 is 16.0 Å². The molecule has 0 spiro atoms. The van der Waals surface area contributed by atoms with Crippen molar-refractivity contribution in [3.8, 4) is 0 Å². The first-order valence-electron chi connectivity index (χ1n) is 6.61. The lowest BCUT2D eigenvalue weighted by atomic mass is 9.98.